The highest BCUT2D eigenvalue weighted by atomic mass is 32.1. The fourth-order valence-corrected chi connectivity index (χ4v) is 5.76. The van der Waals surface area contributed by atoms with Crippen LogP contribution in [-0.4, -0.2) is 55.0 Å². The van der Waals surface area contributed by atoms with Gasteiger partial charge in [-0.2, -0.15) is 0 Å². The second-order valence-corrected chi connectivity index (χ2v) is 11.8. The zero-order chi connectivity index (χ0) is 27.9. The Morgan fingerprint density at radius 3 is 2.33 bits per heavy atom. The fraction of sp³-hybridized carbons (Fsp3) is 0.438. The van der Waals surface area contributed by atoms with Crippen molar-refractivity contribution >= 4 is 23.2 Å². The molecule has 1 aliphatic rings. The number of fused-ring (bicyclic) bond motifs is 1. The molecule has 3 aromatic rings. The largest absolute Gasteiger partial charge is 0.497 e. The van der Waals surface area contributed by atoms with Crippen LogP contribution in [0.1, 0.15) is 72.4 Å². The van der Waals surface area contributed by atoms with Gasteiger partial charge in [0.15, 0.2) is 0 Å². The normalized spacial score (nSPS) is 14.8. The van der Waals surface area contributed by atoms with Gasteiger partial charge in [-0.3, -0.25) is 9.59 Å². The van der Waals surface area contributed by atoms with Crippen LogP contribution in [0.15, 0.2) is 60.0 Å². The van der Waals surface area contributed by atoms with Crippen molar-refractivity contribution in [2.24, 2.45) is 5.92 Å². The van der Waals surface area contributed by atoms with Crippen LogP contribution in [0.4, 0.5) is 0 Å². The Morgan fingerprint density at radius 2 is 1.69 bits per heavy atom. The Hall–Kier alpha value is -3.32. The lowest BCUT2D eigenvalue weighted by molar-refractivity contribution is -0.135. The van der Waals surface area contributed by atoms with Crippen molar-refractivity contribution in [1.29, 1.82) is 0 Å². The van der Waals surface area contributed by atoms with E-state index in [4.69, 9.17) is 9.47 Å². The number of hydrogen-bond donors (Lipinski definition) is 0. The zero-order valence-electron chi connectivity index (χ0n) is 23.7. The lowest BCUT2D eigenvalue weighted by Crippen LogP contribution is -2.48. The maximum Gasteiger partial charge on any atom is 0.254 e. The Bertz CT molecular complexity index is 1230. The predicted octanol–water partition coefficient (Wildman–Crippen LogP) is 6.57. The molecule has 2 heterocycles. The minimum atomic E-state index is -0.194. The number of hydrogen-bond acceptors (Lipinski definition) is 5. The third-order valence-corrected chi connectivity index (χ3v) is 8.29. The van der Waals surface area contributed by atoms with E-state index in [9.17, 15) is 9.59 Å². The number of carbonyl (C=O) groups excluding carboxylic acids is 2. The van der Waals surface area contributed by atoms with E-state index in [1.165, 1.54) is 10.4 Å². The molecule has 1 aromatic heterocycles. The van der Waals surface area contributed by atoms with E-state index < -0.39 is 0 Å². The fourth-order valence-electron chi connectivity index (χ4n) is 4.84. The van der Waals surface area contributed by atoms with Gasteiger partial charge in [0.1, 0.15) is 24.7 Å². The standard InChI is InChI=1S/C32H40N2O4S/c1-22(2)14-17-33(32(36)25-8-10-26(37-5)11-9-25)20-31(35)34-18-15-30-28(16-19-39-30)29(34)21-38-27-12-6-24(7-13-27)23(3)4/h6-13,16,19,22-23,29H,14-15,17-18,20-21H2,1-5H3/t29-/m1/s1. The average molecular weight is 549 g/mol. The number of amides is 2. The van der Waals surface area contributed by atoms with E-state index in [0.29, 0.717) is 42.8 Å². The Balaban J connectivity index is 1.51. The number of ether oxygens (including phenoxy) is 2. The van der Waals surface area contributed by atoms with Gasteiger partial charge in [-0.25, -0.2) is 0 Å². The molecular weight excluding hydrogens is 508 g/mol. The van der Waals surface area contributed by atoms with Crippen molar-refractivity contribution in [2.75, 3.05) is 33.4 Å². The Labute approximate surface area is 236 Å². The molecule has 1 atom stereocenters. The van der Waals surface area contributed by atoms with Crippen LogP contribution >= 0.6 is 11.3 Å². The first kappa shape index (κ1) is 28.7. The maximum atomic E-state index is 13.8. The van der Waals surface area contributed by atoms with Gasteiger partial charge in [0.25, 0.3) is 5.91 Å². The summed E-state index contributed by atoms with van der Waals surface area (Å²) >= 11 is 1.73. The van der Waals surface area contributed by atoms with Crippen molar-refractivity contribution in [3.8, 4) is 11.5 Å². The summed E-state index contributed by atoms with van der Waals surface area (Å²) in [7, 11) is 1.60. The van der Waals surface area contributed by atoms with Crippen LogP contribution < -0.4 is 9.47 Å². The van der Waals surface area contributed by atoms with Crippen LogP contribution in [0.2, 0.25) is 0 Å². The first-order chi connectivity index (χ1) is 18.8. The number of methoxy groups -OCH3 is 1. The van der Waals surface area contributed by atoms with Gasteiger partial charge in [0.05, 0.1) is 13.2 Å². The number of thiophene rings is 1. The molecule has 0 fully saturated rings. The monoisotopic (exact) mass is 548 g/mol. The van der Waals surface area contributed by atoms with Crippen molar-refractivity contribution < 1.29 is 19.1 Å². The third-order valence-electron chi connectivity index (χ3n) is 7.30. The van der Waals surface area contributed by atoms with Crippen LogP contribution in [0.25, 0.3) is 0 Å². The zero-order valence-corrected chi connectivity index (χ0v) is 24.5. The summed E-state index contributed by atoms with van der Waals surface area (Å²) in [5.74, 6) is 2.16. The molecule has 2 aromatic carbocycles. The molecule has 0 spiro atoms. The minimum absolute atomic E-state index is 0.0383. The SMILES string of the molecule is COc1ccc(C(=O)N(CCC(C)C)CC(=O)N2CCc3sccc3[C@H]2COc2ccc(C(C)C)cc2)cc1. The van der Waals surface area contributed by atoms with Gasteiger partial charge in [0, 0.05) is 23.5 Å². The van der Waals surface area contributed by atoms with Crippen molar-refractivity contribution in [3.05, 3.63) is 81.5 Å². The molecule has 0 bridgehead atoms. The second kappa shape index (κ2) is 13.2. The quantitative estimate of drug-likeness (QED) is 0.272. The molecule has 208 valence electrons. The highest BCUT2D eigenvalue weighted by Gasteiger charge is 2.33. The molecule has 2 amide bonds. The summed E-state index contributed by atoms with van der Waals surface area (Å²) in [6, 6.07) is 17.2. The number of benzene rings is 2. The summed E-state index contributed by atoms with van der Waals surface area (Å²) in [6.07, 6.45) is 1.64. The van der Waals surface area contributed by atoms with Crippen LogP contribution in [0.5, 0.6) is 11.5 Å². The van der Waals surface area contributed by atoms with Gasteiger partial charge in [-0.15, -0.1) is 11.3 Å². The maximum absolute atomic E-state index is 13.8. The molecule has 0 aliphatic carbocycles. The molecule has 0 radical (unpaired) electrons. The highest BCUT2D eigenvalue weighted by Crippen LogP contribution is 2.34. The van der Waals surface area contributed by atoms with Crippen LogP contribution in [0.3, 0.4) is 0 Å². The topological polar surface area (TPSA) is 59.1 Å². The summed E-state index contributed by atoms with van der Waals surface area (Å²) in [5, 5.41) is 2.09. The van der Waals surface area contributed by atoms with Crippen molar-refractivity contribution in [1.82, 2.24) is 9.80 Å². The summed E-state index contributed by atoms with van der Waals surface area (Å²) in [4.78, 5) is 32.2. The summed E-state index contributed by atoms with van der Waals surface area (Å²) < 4.78 is 11.5. The van der Waals surface area contributed by atoms with E-state index in [2.05, 4.69) is 51.3 Å². The molecule has 6 nitrogen and oxygen atoms in total. The van der Waals surface area contributed by atoms with Gasteiger partial charge in [0.2, 0.25) is 5.91 Å². The number of rotatable bonds is 11. The minimum Gasteiger partial charge on any atom is -0.497 e. The molecule has 0 N–H and O–H groups in total. The molecule has 39 heavy (non-hydrogen) atoms. The Kier molecular flexibility index (Phi) is 9.68. The summed E-state index contributed by atoms with van der Waals surface area (Å²) in [6.45, 7) is 10.1. The second-order valence-electron chi connectivity index (χ2n) is 10.8. The van der Waals surface area contributed by atoms with Crippen LogP contribution in [-0.2, 0) is 11.2 Å². The average Bonchev–Trinajstić information content (AvgIpc) is 3.43. The number of nitrogens with zero attached hydrogens (tertiary/aromatic N) is 2. The van der Waals surface area contributed by atoms with Crippen LogP contribution in [0, 0.1) is 5.92 Å². The van der Waals surface area contributed by atoms with Crippen molar-refractivity contribution in [3.63, 3.8) is 0 Å². The van der Waals surface area contributed by atoms with Gasteiger partial charge < -0.3 is 19.3 Å². The van der Waals surface area contributed by atoms with E-state index in [-0.39, 0.29) is 24.4 Å². The van der Waals surface area contributed by atoms with Crippen molar-refractivity contribution in [2.45, 2.75) is 52.5 Å². The molecule has 0 saturated carbocycles. The predicted molar refractivity (Wildman–Crippen MR) is 157 cm³/mol. The molecule has 7 heteroatoms. The van der Waals surface area contributed by atoms with E-state index in [1.54, 1.807) is 47.6 Å². The lowest BCUT2D eigenvalue weighted by atomic mass is 10.00. The summed E-state index contributed by atoms with van der Waals surface area (Å²) in [5.41, 5.74) is 2.96. The first-order valence-corrected chi connectivity index (χ1v) is 14.7. The first-order valence-electron chi connectivity index (χ1n) is 13.8. The lowest BCUT2D eigenvalue weighted by Gasteiger charge is -2.37. The van der Waals surface area contributed by atoms with Gasteiger partial charge in [-0.05, 0) is 83.6 Å². The smallest absolute Gasteiger partial charge is 0.254 e. The molecule has 0 saturated heterocycles. The third kappa shape index (κ3) is 7.21. The molecule has 4 rings (SSSR count). The van der Waals surface area contributed by atoms with E-state index >= 15 is 0 Å². The van der Waals surface area contributed by atoms with E-state index in [1.807, 2.05) is 17.0 Å². The highest BCUT2D eigenvalue weighted by molar-refractivity contribution is 7.10. The molecule has 1 aliphatic heterocycles. The molecule has 0 unspecified atom stereocenters. The van der Waals surface area contributed by atoms with Gasteiger partial charge >= 0.3 is 0 Å². The Morgan fingerprint density at radius 1 is 1.00 bits per heavy atom. The molecular formula is C32H40N2O4S. The van der Waals surface area contributed by atoms with E-state index in [0.717, 1.165) is 24.2 Å². The van der Waals surface area contributed by atoms with Gasteiger partial charge in [-0.1, -0.05) is 39.8 Å². The number of carbonyl (C=O) groups is 2.